The SMILES string of the molecule is Cc1ccc(S(=O)(=O)NCCNC(=O)C2CSCN2)cc1. The molecule has 1 aliphatic heterocycles. The largest absolute Gasteiger partial charge is 0.353 e. The van der Waals surface area contributed by atoms with Crippen molar-refractivity contribution in [3.63, 3.8) is 0 Å². The molecule has 0 saturated carbocycles. The van der Waals surface area contributed by atoms with Crippen LogP contribution in [0.3, 0.4) is 0 Å². The number of aryl methyl sites for hydroxylation is 1. The van der Waals surface area contributed by atoms with Gasteiger partial charge in [0.25, 0.3) is 0 Å². The van der Waals surface area contributed by atoms with Gasteiger partial charge in [-0.15, -0.1) is 11.8 Å². The van der Waals surface area contributed by atoms with Gasteiger partial charge in [-0.05, 0) is 19.1 Å². The molecule has 116 valence electrons. The minimum atomic E-state index is -3.52. The van der Waals surface area contributed by atoms with E-state index < -0.39 is 10.0 Å². The third kappa shape index (κ3) is 4.70. The molecule has 1 saturated heterocycles. The summed E-state index contributed by atoms with van der Waals surface area (Å²) in [6, 6.07) is 6.45. The van der Waals surface area contributed by atoms with Gasteiger partial charge in [-0.1, -0.05) is 17.7 Å². The van der Waals surface area contributed by atoms with Crippen molar-refractivity contribution < 1.29 is 13.2 Å². The molecule has 0 bridgehead atoms. The molecule has 8 heteroatoms. The molecule has 1 aromatic carbocycles. The molecule has 1 fully saturated rings. The quantitative estimate of drug-likeness (QED) is 0.642. The average Bonchev–Trinajstić information content (AvgIpc) is 2.98. The summed E-state index contributed by atoms with van der Waals surface area (Å²) < 4.78 is 26.5. The number of sulfonamides is 1. The molecule has 1 atom stereocenters. The van der Waals surface area contributed by atoms with Gasteiger partial charge in [0, 0.05) is 24.7 Å². The highest BCUT2D eigenvalue weighted by molar-refractivity contribution is 7.99. The van der Waals surface area contributed by atoms with E-state index in [0.717, 1.165) is 17.2 Å². The van der Waals surface area contributed by atoms with Crippen molar-refractivity contribution in [1.29, 1.82) is 0 Å². The molecule has 1 aromatic rings. The number of thioether (sulfide) groups is 1. The summed E-state index contributed by atoms with van der Waals surface area (Å²) >= 11 is 1.67. The van der Waals surface area contributed by atoms with Crippen LogP contribution in [-0.2, 0) is 14.8 Å². The first-order valence-corrected chi connectivity index (χ1v) is 9.28. The fraction of sp³-hybridized carbons (Fsp3) is 0.462. The molecule has 1 unspecified atom stereocenters. The molecule has 0 spiro atoms. The Bertz CT molecular complexity index is 581. The average molecular weight is 329 g/mol. The summed E-state index contributed by atoms with van der Waals surface area (Å²) in [6.45, 7) is 2.34. The van der Waals surface area contributed by atoms with Gasteiger partial charge >= 0.3 is 0 Å². The van der Waals surface area contributed by atoms with E-state index in [0.29, 0.717) is 0 Å². The summed E-state index contributed by atoms with van der Waals surface area (Å²) in [7, 11) is -3.52. The summed E-state index contributed by atoms with van der Waals surface area (Å²) in [5.74, 6) is 1.44. The number of carbonyl (C=O) groups is 1. The molecule has 21 heavy (non-hydrogen) atoms. The van der Waals surface area contributed by atoms with E-state index in [1.165, 1.54) is 0 Å². The highest BCUT2D eigenvalue weighted by atomic mass is 32.2. The Morgan fingerprint density at radius 1 is 1.33 bits per heavy atom. The normalized spacial score (nSPS) is 18.6. The number of nitrogens with one attached hydrogen (secondary N) is 3. The molecule has 3 N–H and O–H groups in total. The second-order valence-corrected chi connectivity index (χ2v) is 7.57. The van der Waals surface area contributed by atoms with Crippen LogP contribution in [0.2, 0.25) is 0 Å². The molecule has 0 aromatic heterocycles. The van der Waals surface area contributed by atoms with Crippen molar-refractivity contribution in [2.45, 2.75) is 17.9 Å². The summed E-state index contributed by atoms with van der Waals surface area (Å²) in [4.78, 5) is 11.9. The fourth-order valence-electron chi connectivity index (χ4n) is 1.86. The Morgan fingerprint density at radius 3 is 2.67 bits per heavy atom. The summed E-state index contributed by atoms with van der Waals surface area (Å²) in [6.07, 6.45) is 0. The second kappa shape index (κ2) is 7.26. The van der Waals surface area contributed by atoms with E-state index in [9.17, 15) is 13.2 Å². The topological polar surface area (TPSA) is 87.3 Å². The fourth-order valence-corrected chi connectivity index (χ4v) is 3.83. The number of carbonyl (C=O) groups excluding carboxylic acids is 1. The van der Waals surface area contributed by atoms with Crippen molar-refractivity contribution in [3.8, 4) is 0 Å². The summed E-state index contributed by atoms with van der Waals surface area (Å²) in [5, 5.41) is 5.77. The Morgan fingerprint density at radius 2 is 2.05 bits per heavy atom. The van der Waals surface area contributed by atoms with Crippen molar-refractivity contribution in [1.82, 2.24) is 15.4 Å². The molecule has 0 radical (unpaired) electrons. The third-order valence-electron chi connectivity index (χ3n) is 3.08. The van der Waals surface area contributed by atoms with Crippen LogP contribution in [0.4, 0.5) is 0 Å². The third-order valence-corrected chi connectivity index (χ3v) is 5.50. The first-order valence-electron chi connectivity index (χ1n) is 6.64. The molecule has 6 nitrogen and oxygen atoms in total. The summed E-state index contributed by atoms with van der Waals surface area (Å²) in [5.41, 5.74) is 1.00. The zero-order valence-electron chi connectivity index (χ0n) is 11.8. The highest BCUT2D eigenvalue weighted by Gasteiger charge is 2.22. The van der Waals surface area contributed by atoms with E-state index in [1.807, 2.05) is 6.92 Å². The van der Waals surface area contributed by atoms with Crippen LogP contribution < -0.4 is 15.4 Å². The van der Waals surface area contributed by atoms with Crippen LogP contribution in [0.25, 0.3) is 0 Å². The zero-order chi connectivity index (χ0) is 15.3. The van der Waals surface area contributed by atoms with Gasteiger partial charge < -0.3 is 5.32 Å². The molecule has 1 aliphatic rings. The lowest BCUT2D eigenvalue weighted by Gasteiger charge is -2.11. The van der Waals surface area contributed by atoms with Crippen molar-refractivity contribution in [2.75, 3.05) is 24.7 Å². The number of rotatable bonds is 6. The van der Waals surface area contributed by atoms with Gasteiger partial charge in [0.05, 0.1) is 10.9 Å². The Labute approximate surface area is 129 Å². The Kier molecular flexibility index (Phi) is 5.63. The van der Waals surface area contributed by atoms with E-state index in [4.69, 9.17) is 0 Å². The van der Waals surface area contributed by atoms with Crippen LogP contribution in [0.1, 0.15) is 5.56 Å². The molecule has 1 heterocycles. The minimum absolute atomic E-state index is 0.0884. The smallest absolute Gasteiger partial charge is 0.240 e. The molecular weight excluding hydrogens is 310 g/mol. The maximum atomic E-state index is 12.0. The second-order valence-electron chi connectivity index (χ2n) is 4.77. The van der Waals surface area contributed by atoms with Crippen LogP contribution in [0, 0.1) is 6.92 Å². The van der Waals surface area contributed by atoms with E-state index in [1.54, 1.807) is 36.0 Å². The number of amides is 1. The number of hydrogen-bond acceptors (Lipinski definition) is 5. The van der Waals surface area contributed by atoms with E-state index >= 15 is 0 Å². The molecule has 1 amide bonds. The Hall–Kier alpha value is -1.09. The number of hydrogen-bond donors (Lipinski definition) is 3. The van der Waals surface area contributed by atoms with Gasteiger partial charge in [0.2, 0.25) is 15.9 Å². The monoisotopic (exact) mass is 329 g/mol. The van der Waals surface area contributed by atoms with Gasteiger partial charge in [-0.3, -0.25) is 10.1 Å². The van der Waals surface area contributed by atoms with Gasteiger partial charge in [-0.2, -0.15) is 0 Å². The zero-order valence-corrected chi connectivity index (χ0v) is 13.4. The molecule has 0 aliphatic carbocycles. The Balaban J connectivity index is 1.77. The predicted octanol–water partition coefficient (Wildman–Crippen LogP) is 0.0520. The lowest BCUT2D eigenvalue weighted by atomic mass is 10.2. The highest BCUT2D eigenvalue weighted by Crippen LogP contribution is 2.10. The lowest BCUT2D eigenvalue weighted by Crippen LogP contribution is -2.44. The standard InChI is InChI=1S/C13H19N3O3S2/c1-10-2-4-11(5-3-10)21(18,19)16-7-6-14-13(17)12-8-20-9-15-12/h2-5,12,15-16H,6-9H2,1H3,(H,14,17). The van der Waals surface area contributed by atoms with E-state index in [2.05, 4.69) is 15.4 Å². The van der Waals surface area contributed by atoms with Gasteiger partial charge in [-0.25, -0.2) is 13.1 Å². The van der Waals surface area contributed by atoms with Gasteiger partial charge in [0.15, 0.2) is 0 Å². The van der Waals surface area contributed by atoms with E-state index in [-0.39, 0.29) is 29.9 Å². The van der Waals surface area contributed by atoms with Crippen LogP contribution in [0.15, 0.2) is 29.2 Å². The van der Waals surface area contributed by atoms with Crippen LogP contribution >= 0.6 is 11.8 Å². The lowest BCUT2D eigenvalue weighted by molar-refractivity contribution is -0.122. The van der Waals surface area contributed by atoms with Gasteiger partial charge in [0.1, 0.15) is 0 Å². The minimum Gasteiger partial charge on any atom is -0.353 e. The first-order chi connectivity index (χ1) is 9.99. The number of benzene rings is 1. The predicted molar refractivity (Wildman–Crippen MR) is 83.6 cm³/mol. The first kappa shape index (κ1) is 16.3. The molecular formula is C13H19N3O3S2. The van der Waals surface area contributed by atoms with Crippen molar-refractivity contribution >= 4 is 27.7 Å². The molecule has 2 rings (SSSR count). The maximum Gasteiger partial charge on any atom is 0.240 e. The van der Waals surface area contributed by atoms with Crippen molar-refractivity contribution in [3.05, 3.63) is 29.8 Å². The van der Waals surface area contributed by atoms with Crippen LogP contribution in [-0.4, -0.2) is 45.1 Å². The maximum absolute atomic E-state index is 12.0. The van der Waals surface area contributed by atoms with Crippen molar-refractivity contribution in [2.24, 2.45) is 0 Å². The van der Waals surface area contributed by atoms with Crippen LogP contribution in [0.5, 0.6) is 0 Å².